The molecule has 0 amide bonds. The highest BCUT2D eigenvalue weighted by atomic mass is 35.5. The highest BCUT2D eigenvalue weighted by molar-refractivity contribution is 7.92. The first-order valence-corrected chi connectivity index (χ1v) is 13.8. The normalized spacial score (nSPS) is 15.1. The maximum absolute atomic E-state index is 14.9. The molecule has 1 saturated heterocycles. The number of piperazine rings is 1. The molecule has 1 aliphatic rings. The molecule has 1 fully saturated rings. The van der Waals surface area contributed by atoms with Crippen molar-refractivity contribution in [3.8, 4) is 16.9 Å². The molecule has 13 heteroatoms. The van der Waals surface area contributed by atoms with Crippen molar-refractivity contribution in [3.63, 3.8) is 0 Å². The zero-order valence-corrected chi connectivity index (χ0v) is 22.7. The molecule has 3 aromatic heterocycles. The van der Waals surface area contributed by atoms with E-state index in [1.165, 1.54) is 29.3 Å². The van der Waals surface area contributed by atoms with Crippen molar-refractivity contribution < 1.29 is 17.2 Å². The van der Waals surface area contributed by atoms with Gasteiger partial charge >= 0.3 is 0 Å². The van der Waals surface area contributed by atoms with Crippen molar-refractivity contribution >= 4 is 33.0 Å². The van der Waals surface area contributed by atoms with E-state index in [0.29, 0.717) is 11.3 Å². The predicted molar refractivity (Wildman–Crippen MR) is 143 cm³/mol. The molecule has 0 spiro atoms. The van der Waals surface area contributed by atoms with Crippen molar-refractivity contribution in [1.82, 2.24) is 24.9 Å². The summed E-state index contributed by atoms with van der Waals surface area (Å²) >= 11 is 6.44. The number of pyridine rings is 1. The number of hydrogen-bond donors (Lipinski definition) is 1. The third-order valence-electron chi connectivity index (χ3n) is 6.45. The first kappa shape index (κ1) is 26.1. The Balaban J connectivity index is 1.39. The molecule has 38 heavy (non-hydrogen) atoms. The highest BCUT2D eigenvalue weighted by Crippen LogP contribution is 2.33. The summed E-state index contributed by atoms with van der Waals surface area (Å²) in [5.74, 6) is -0.693. The zero-order valence-electron chi connectivity index (χ0n) is 21.1. The van der Waals surface area contributed by atoms with Crippen LogP contribution in [-0.4, -0.2) is 65.0 Å². The van der Waals surface area contributed by atoms with Gasteiger partial charge in [-0.2, -0.15) is 0 Å². The first-order valence-electron chi connectivity index (χ1n) is 11.9. The van der Waals surface area contributed by atoms with Crippen LogP contribution in [0.4, 0.5) is 15.8 Å². The molecule has 0 atom stereocenters. The van der Waals surface area contributed by atoms with Crippen LogP contribution in [0.5, 0.6) is 0 Å². The molecular weight excluding hydrogens is 533 g/mol. The molecule has 1 N–H and O–H groups in total. The Labute approximate surface area is 225 Å². The van der Waals surface area contributed by atoms with Gasteiger partial charge in [-0.15, -0.1) is 5.10 Å². The Hall–Kier alpha value is -3.48. The summed E-state index contributed by atoms with van der Waals surface area (Å²) in [4.78, 5) is 9.02. The van der Waals surface area contributed by atoms with Gasteiger partial charge in [0.05, 0.1) is 35.1 Å². The number of anilines is 2. The number of nitrogens with one attached hydrogen (secondary N) is 1. The van der Waals surface area contributed by atoms with Gasteiger partial charge in [-0.1, -0.05) is 16.8 Å². The summed E-state index contributed by atoms with van der Waals surface area (Å²) in [6.45, 7) is 10.3. The topological polar surface area (TPSA) is 109 Å². The molecular formula is C25H27ClFN7O3S. The fraction of sp³-hybridized carbons (Fsp3) is 0.320. The van der Waals surface area contributed by atoms with Crippen LogP contribution in [0.1, 0.15) is 20.8 Å². The van der Waals surface area contributed by atoms with Crippen molar-refractivity contribution in [2.24, 2.45) is 0 Å². The van der Waals surface area contributed by atoms with E-state index in [0.717, 1.165) is 44.2 Å². The van der Waals surface area contributed by atoms with Crippen LogP contribution in [0.15, 0.2) is 64.7 Å². The zero-order chi connectivity index (χ0) is 27.1. The van der Waals surface area contributed by atoms with Gasteiger partial charge in [0.1, 0.15) is 22.5 Å². The smallest absolute Gasteiger partial charge is 0.265 e. The van der Waals surface area contributed by atoms with Crippen molar-refractivity contribution in [2.75, 3.05) is 35.8 Å². The maximum Gasteiger partial charge on any atom is 0.265 e. The number of rotatable bonds is 6. The molecule has 0 unspecified atom stereocenters. The number of furan rings is 1. The molecule has 5 rings (SSSR count). The summed E-state index contributed by atoms with van der Waals surface area (Å²) in [5.41, 5.74) is 2.11. The summed E-state index contributed by atoms with van der Waals surface area (Å²) in [5, 5.41) is 8.07. The van der Waals surface area contributed by atoms with Gasteiger partial charge in [-0.05, 0) is 45.0 Å². The Morgan fingerprint density at radius 1 is 1.11 bits per heavy atom. The fourth-order valence-corrected chi connectivity index (χ4v) is 5.66. The van der Waals surface area contributed by atoms with Crippen molar-refractivity contribution in [3.05, 3.63) is 66.2 Å². The molecule has 0 aliphatic carbocycles. The Morgan fingerprint density at radius 2 is 1.87 bits per heavy atom. The van der Waals surface area contributed by atoms with Crippen LogP contribution in [0, 0.1) is 5.82 Å². The number of halogens is 2. The van der Waals surface area contributed by atoms with E-state index >= 15 is 0 Å². The van der Waals surface area contributed by atoms with E-state index in [1.807, 2.05) is 12.3 Å². The van der Waals surface area contributed by atoms with Gasteiger partial charge in [0.15, 0.2) is 5.82 Å². The standard InChI is InChI=1S/C25H27ClFN7O3S/c1-25(2,3)33-9-7-32(8-10-33)18-12-17(13-28-14-18)22-15-34(31-29-22)24-20(27)4-5-21(23(24)26)30-38(35,36)19-6-11-37-16-19/h4-6,11-16,30H,7-10H2,1-3H3. The van der Waals surface area contributed by atoms with E-state index in [9.17, 15) is 12.8 Å². The lowest BCUT2D eigenvalue weighted by atomic mass is 10.0. The molecule has 4 heterocycles. The van der Waals surface area contributed by atoms with Crippen molar-refractivity contribution in [2.45, 2.75) is 31.2 Å². The van der Waals surface area contributed by atoms with Crippen molar-refractivity contribution in [1.29, 1.82) is 0 Å². The Kier molecular flexibility index (Phi) is 6.88. The monoisotopic (exact) mass is 559 g/mol. The molecule has 1 aromatic carbocycles. The Morgan fingerprint density at radius 3 is 2.55 bits per heavy atom. The molecule has 200 valence electrons. The Bertz CT molecular complexity index is 1540. The van der Waals surface area contributed by atoms with Gasteiger partial charge in [0.2, 0.25) is 0 Å². The molecule has 0 radical (unpaired) electrons. The van der Waals surface area contributed by atoms with Crippen LogP contribution < -0.4 is 9.62 Å². The molecule has 0 bridgehead atoms. The lowest BCUT2D eigenvalue weighted by Crippen LogP contribution is -2.53. The fourth-order valence-electron chi connectivity index (χ4n) is 4.32. The lowest BCUT2D eigenvalue weighted by molar-refractivity contribution is 0.128. The number of aromatic nitrogens is 4. The second kappa shape index (κ2) is 10.0. The third kappa shape index (κ3) is 5.24. The molecule has 4 aromatic rings. The molecule has 10 nitrogen and oxygen atoms in total. The van der Waals surface area contributed by atoms with E-state index in [2.05, 4.69) is 50.6 Å². The van der Waals surface area contributed by atoms with Gasteiger partial charge in [0.25, 0.3) is 10.0 Å². The average molecular weight is 560 g/mol. The van der Waals surface area contributed by atoms with E-state index in [1.54, 1.807) is 6.20 Å². The minimum atomic E-state index is -3.98. The van der Waals surface area contributed by atoms with Crippen LogP contribution in [0.25, 0.3) is 16.9 Å². The van der Waals surface area contributed by atoms with Gasteiger partial charge in [-0.25, -0.2) is 17.5 Å². The minimum Gasteiger partial charge on any atom is -0.471 e. The van der Waals surface area contributed by atoms with Crippen LogP contribution in [-0.2, 0) is 10.0 Å². The summed E-state index contributed by atoms with van der Waals surface area (Å²) in [6.07, 6.45) is 7.32. The van der Waals surface area contributed by atoms with E-state index in [4.69, 9.17) is 16.0 Å². The predicted octanol–water partition coefficient (Wildman–Crippen LogP) is 4.44. The van der Waals surface area contributed by atoms with E-state index < -0.39 is 15.8 Å². The molecule has 1 aliphatic heterocycles. The van der Waals surface area contributed by atoms with E-state index in [-0.39, 0.29) is 26.8 Å². The summed E-state index contributed by atoms with van der Waals surface area (Å²) < 4.78 is 48.4. The second-order valence-electron chi connectivity index (χ2n) is 9.95. The number of hydrogen-bond acceptors (Lipinski definition) is 8. The van der Waals surface area contributed by atoms with Crippen LogP contribution in [0.3, 0.4) is 0 Å². The van der Waals surface area contributed by atoms with Gasteiger partial charge < -0.3 is 9.32 Å². The highest BCUT2D eigenvalue weighted by Gasteiger charge is 2.26. The SMILES string of the molecule is CC(C)(C)N1CCN(c2cncc(-c3cn(-c4c(F)ccc(NS(=O)(=O)c5ccoc5)c4Cl)nn3)c2)CC1. The first-order chi connectivity index (χ1) is 18.0. The quantitative estimate of drug-likeness (QED) is 0.369. The summed E-state index contributed by atoms with van der Waals surface area (Å²) in [7, 11) is -3.98. The number of sulfonamides is 1. The number of benzene rings is 1. The minimum absolute atomic E-state index is 0.0145. The average Bonchev–Trinajstić information content (AvgIpc) is 3.59. The second-order valence-corrected chi connectivity index (χ2v) is 12.0. The summed E-state index contributed by atoms with van der Waals surface area (Å²) in [6, 6.07) is 5.61. The van der Waals surface area contributed by atoms with Crippen LogP contribution in [0.2, 0.25) is 5.02 Å². The van der Waals surface area contributed by atoms with Gasteiger partial charge in [-0.3, -0.25) is 14.6 Å². The largest absolute Gasteiger partial charge is 0.471 e. The molecule has 0 saturated carbocycles. The van der Waals surface area contributed by atoms with Gasteiger partial charge in [0, 0.05) is 43.5 Å². The lowest BCUT2D eigenvalue weighted by Gasteiger charge is -2.43. The maximum atomic E-state index is 14.9. The van der Waals surface area contributed by atoms with Crippen LogP contribution >= 0.6 is 11.6 Å². The third-order valence-corrected chi connectivity index (χ3v) is 8.18. The number of nitrogens with zero attached hydrogens (tertiary/aromatic N) is 6.